The molecule has 1 unspecified atom stereocenters. The van der Waals surface area contributed by atoms with Crippen LogP contribution in [0.2, 0.25) is 0 Å². The van der Waals surface area contributed by atoms with Gasteiger partial charge in [-0.15, -0.1) is 0 Å². The van der Waals surface area contributed by atoms with Crippen molar-refractivity contribution in [3.8, 4) is 11.8 Å². The van der Waals surface area contributed by atoms with Crippen molar-refractivity contribution < 1.29 is 12.8 Å². The van der Waals surface area contributed by atoms with Crippen LogP contribution in [0.1, 0.15) is 12.5 Å². The number of hydrogen-bond donors (Lipinski definition) is 1. The molecule has 114 valence electrons. The summed E-state index contributed by atoms with van der Waals surface area (Å²) >= 11 is 1.72. The maximum Gasteiger partial charge on any atom is 0.246 e. The zero-order chi connectivity index (χ0) is 15.5. The molecule has 0 saturated carbocycles. The van der Waals surface area contributed by atoms with E-state index in [9.17, 15) is 12.8 Å². The van der Waals surface area contributed by atoms with E-state index in [-0.39, 0.29) is 16.7 Å². The van der Waals surface area contributed by atoms with Gasteiger partial charge in [-0.1, -0.05) is 18.8 Å². The largest absolute Gasteiger partial charge is 0.320 e. The number of sulfonamides is 1. The third-order valence-corrected chi connectivity index (χ3v) is 6.12. The van der Waals surface area contributed by atoms with Gasteiger partial charge in [0.15, 0.2) is 0 Å². The summed E-state index contributed by atoms with van der Waals surface area (Å²) in [4.78, 5) is -0.292. The Morgan fingerprint density at radius 2 is 2.29 bits per heavy atom. The molecule has 1 fully saturated rings. The lowest BCUT2D eigenvalue weighted by Gasteiger charge is -2.29. The molecule has 1 aliphatic heterocycles. The van der Waals surface area contributed by atoms with Gasteiger partial charge in [0.05, 0.1) is 6.54 Å². The van der Waals surface area contributed by atoms with Gasteiger partial charge in [-0.3, -0.25) is 0 Å². The van der Waals surface area contributed by atoms with Gasteiger partial charge in [0.25, 0.3) is 0 Å². The minimum absolute atomic E-state index is 0.172. The van der Waals surface area contributed by atoms with Crippen LogP contribution in [-0.4, -0.2) is 43.4 Å². The van der Waals surface area contributed by atoms with Crippen molar-refractivity contribution in [1.29, 1.82) is 0 Å². The molecule has 7 heteroatoms. The van der Waals surface area contributed by atoms with E-state index in [1.165, 1.54) is 16.4 Å². The van der Waals surface area contributed by atoms with Crippen LogP contribution in [-0.2, 0) is 10.0 Å². The monoisotopic (exact) mass is 328 g/mol. The van der Waals surface area contributed by atoms with Crippen molar-refractivity contribution >= 4 is 21.8 Å². The highest BCUT2D eigenvalue weighted by atomic mass is 32.2. The van der Waals surface area contributed by atoms with E-state index < -0.39 is 15.8 Å². The van der Waals surface area contributed by atoms with E-state index in [0.29, 0.717) is 18.7 Å². The standard InChI is InChI=1S/C14H17FN2O2S2/c1-11-10-17(7-8-20-11)21(18,19)14-5-4-12(3-2-6-16)9-13(14)15/h4-5,9,11H,6-8,10,16H2,1H3. The number of benzene rings is 1. The molecule has 2 N–H and O–H groups in total. The minimum atomic E-state index is -3.79. The summed E-state index contributed by atoms with van der Waals surface area (Å²) in [6.07, 6.45) is 0. The molecule has 1 heterocycles. The molecular weight excluding hydrogens is 311 g/mol. The van der Waals surface area contributed by atoms with Gasteiger partial charge in [-0.05, 0) is 18.2 Å². The van der Waals surface area contributed by atoms with E-state index in [1.807, 2.05) is 6.92 Å². The Labute approximate surface area is 128 Å². The Bertz CT molecular complexity index is 680. The Balaban J connectivity index is 2.32. The molecule has 1 aliphatic rings. The van der Waals surface area contributed by atoms with Crippen molar-refractivity contribution in [3.63, 3.8) is 0 Å². The maximum atomic E-state index is 14.1. The second kappa shape index (κ2) is 6.79. The number of thioether (sulfide) groups is 1. The Morgan fingerprint density at radius 1 is 1.52 bits per heavy atom. The number of hydrogen-bond acceptors (Lipinski definition) is 4. The summed E-state index contributed by atoms with van der Waals surface area (Å²) in [6, 6.07) is 3.91. The smallest absolute Gasteiger partial charge is 0.246 e. The molecule has 0 aliphatic carbocycles. The van der Waals surface area contributed by atoms with Crippen molar-refractivity contribution in [2.45, 2.75) is 17.1 Å². The van der Waals surface area contributed by atoms with Crippen LogP contribution in [0.25, 0.3) is 0 Å². The maximum absolute atomic E-state index is 14.1. The second-order valence-corrected chi connectivity index (χ2v) is 8.15. The Kier molecular flexibility index (Phi) is 5.27. The van der Waals surface area contributed by atoms with Crippen LogP contribution >= 0.6 is 11.8 Å². The lowest BCUT2D eigenvalue weighted by Crippen LogP contribution is -2.41. The lowest BCUT2D eigenvalue weighted by atomic mass is 10.2. The van der Waals surface area contributed by atoms with Gasteiger partial charge < -0.3 is 5.73 Å². The summed E-state index contributed by atoms with van der Waals surface area (Å²) in [7, 11) is -3.79. The fourth-order valence-electron chi connectivity index (χ4n) is 2.08. The van der Waals surface area contributed by atoms with Crippen molar-refractivity contribution in [1.82, 2.24) is 4.31 Å². The van der Waals surface area contributed by atoms with Crippen LogP contribution in [0.5, 0.6) is 0 Å². The summed E-state index contributed by atoms with van der Waals surface area (Å²) in [5, 5.41) is 0.214. The van der Waals surface area contributed by atoms with Crippen molar-refractivity contribution in [2.24, 2.45) is 5.73 Å². The first-order valence-corrected chi connectivity index (χ1v) is 9.04. The molecule has 1 saturated heterocycles. The van der Waals surface area contributed by atoms with Crippen LogP contribution in [0.4, 0.5) is 4.39 Å². The highest BCUT2D eigenvalue weighted by molar-refractivity contribution is 8.00. The van der Waals surface area contributed by atoms with Gasteiger partial charge in [0.2, 0.25) is 10.0 Å². The molecular formula is C14H17FN2O2S2. The van der Waals surface area contributed by atoms with E-state index in [4.69, 9.17) is 5.73 Å². The number of halogens is 1. The Hall–Kier alpha value is -1.07. The summed E-state index contributed by atoms with van der Waals surface area (Å²) in [5.41, 5.74) is 5.67. The minimum Gasteiger partial charge on any atom is -0.320 e. The summed E-state index contributed by atoms with van der Waals surface area (Å²) in [6.45, 7) is 2.95. The summed E-state index contributed by atoms with van der Waals surface area (Å²) in [5.74, 6) is 5.24. The van der Waals surface area contributed by atoms with Crippen LogP contribution in [0.15, 0.2) is 23.1 Å². The van der Waals surface area contributed by atoms with Gasteiger partial charge in [0.1, 0.15) is 10.7 Å². The van der Waals surface area contributed by atoms with Crippen LogP contribution in [0.3, 0.4) is 0 Å². The first-order valence-electron chi connectivity index (χ1n) is 6.55. The molecule has 2 rings (SSSR count). The first-order chi connectivity index (χ1) is 9.95. The predicted molar refractivity (Wildman–Crippen MR) is 83.0 cm³/mol. The first kappa shape index (κ1) is 16.3. The molecule has 0 radical (unpaired) electrons. The molecule has 0 aromatic heterocycles. The normalized spacial score (nSPS) is 19.9. The number of nitrogens with two attached hydrogens (primary N) is 1. The zero-order valence-electron chi connectivity index (χ0n) is 11.7. The van der Waals surface area contributed by atoms with Gasteiger partial charge in [-0.2, -0.15) is 16.1 Å². The SMILES string of the molecule is CC1CN(S(=O)(=O)c2ccc(C#CCN)cc2F)CCS1. The number of rotatable bonds is 2. The predicted octanol–water partition coefficient (Wildman–Crippen LogP) is 1.26. The zero-order valence-corrected chi connectivity index (χ0v) is 13.3. The van der Waals surface area contributed by atoms with E-state index in [1.54, 1.807) is 11.8 Å². The quantitative estimate of drug-likeness (QED) is 0.830. The molecule has 4 nitrogen and oxygen atoms in total. The third kappa shape index (κ3) is 3.77. The topological polar surface area (TPSA) is 63.4 Å². The van der Waals surface area contributed by atoms with Gasteiger partial charge in [0, 0.05) is 29.7 Å². The fourth-order valence-corrected chi connectivity index (χ4v) is 4.88. The lowest BCUT2D eigenvalue weighted by molar-refractivity contribution is 0.420. The Morgan fingerprint density at radius 3 is 2.90 bits per heavy atom. The molecule has 1 aromatic rings. The summed E-state index contributed by atoms with van der Waals surface area (Å²) < 4.78 is 40.5. The van der Waals surface area contributed by atoms with Crippen molar-refractivity contribution in [2.75, 3.05) is 25.4 Å². The average Bonchev–Trinajstić information content (AvgIpc) is 2.45. The van der Waals surface area contributed by atoms with Crippen LogP contribution < -0.4 is 5.73 Å². The highest BCUT2D eigenvalue weighted by Gasteiger charge is 2.30. The van der Waals surface area contributed by atoms with Crippen LogP contribution in [0, 0.1) is 17.7 Å². The second-order valence-electron chi connectivity index (χ2n) is 4.70. The van der Waals surface area contributed by atoms with E-state index in [0.717, 1.165) is 11.8 Å². The number of nitrogens with zero attached hydrogens (tertiary/aromatic N) is 1. The molecule has 21 heavy (non-hydrogen) atoms. The average molecular weight is 328 g/mol. The third-order valence-electron chi connectivity index (χ3n) is 3.09. The van der Waals surface area contributed by atoms with E-state index in [2.05, 4.69) is 11.8 Å². The molecule has 1 aromatic carbocycles. The molecule has 0 bridgehead atoms. The van der Waals surface area contributed by atoms with Gasteiger partial charge in [-0.25, -0.2) is 12.8 Å². The fraction of sp³-hybridized carbons (Fsp3) is 0.429. The molecule has 0 amide bonds. The van der Waals surface area contributed by atoms with Gasteiger partial charge >= 0.3 is 0 Å². The molecule has 1 atom stereocenters. The molecule has 0 spiro atoms. The van der Waals surface area contributed by atoms with Crippen molar-refractivity contribution in [3.05, 3.63) is 29.6 Å². The highest BCUT2D eigenvalue weighted by Crippen LogP contribution is 2.26. The van der Waals surface area contributed by atoms with E-state index >= 15 is 0 Å².